The molecule has 0 fully saturated rings. The molecule has 1 atom stereocenters. The minimum Gasteiger partial charge on any atom is -0.0955 e. The van der Waals surface area contributed by atoms with Gasteiger partial charge in [0.25, 0.3) is 0 Å². The van der Waals surface area contributed by atoms with E-state index in [-0.39, 0.29) is 0 Å². The summed E-state index contributed by atoms with van der Waals surface area (Å²) in [6.07, 6.45) is 0. The third kappa shape index (κ3) is 2.70. The van der Waals surface area contributed by atoms with E-state index >= 15 is 0 Å². The van der Waals surface area contributed by atoms with Crippen LogP contribution in [0.3, 0.4) is 0 Å². The molecule has 2 aromatic rings. The van der Waals surface area contributed by atoms with Crippen molar-refractivity contribution in [1.82, 2.24) is 0 Å². The highest BCUT2D eigenvalue weighted by Gasteiger charge is 2.07. The Labute approximate surface area is 110 Å². The maximum Gasteiger partial charge on any atom is 0.00610 e. The fourth-order valence-corrected chi connectivity index (χ4v) is 2.10. The summed E-state index contributed by atoms with van der Waals surface area (Å²) in [6.45, 7) is 10.4. The Balaban J connectivity index is 2.25. The first-order valence-electron chi connectivity index (χ1n) is 6.40. The van der Waals surface area contributed by atoms with Gasteiger partial charge in [-0.1, -0.05) is 73.2 Å². The molecule has 0 aliphatic rings. The standard InChI is InChI=1S/C18H20/c1-13(2)16-9-11-18(12-10-16)15(4)17-7-5-14(3)6-8-17/h5-12,15H,1H2,2-4H3. The van der Waals surface area contributed by atoms with Crippen molar-refractivity contribution in [2.24, 2.45) is 0 Å². The van der Waals surface area contributed by atoms with Crippen LogP contribution in [-0.4, -0.2) is 0 Å². The second kappa shape index (κ2) is 5.22. The van der Waals surface area contributed by atoms with Crippen molar-refractivity contribution in [2.45, 2.75) is 26.7 Å². The predicted molar refractivity (Wildman–Crippen MR) is 79.8 cm³/mol. The number of aryl methyl sites for hydroxylation is 1. The zero-order valence-electron chi connectivity index (χ0n) is 11.4. The maximum atomic E-state index is 3.97. The van der Waals surface area contributed by atoms with Crippen LogP contribution in [0.25, 0.3) is 5.57 Å². The number of hydrogen-bond acceptors (Lipinski definition) is 0. The topological polar surface area (TPSA) is 0 Å². The molecule has 18 heavy (non-hydrogen) atoms. The van der Waals surface area contributed by atoms with Gasteiger partial charge in [0.1, 0.15) is 0 Å². The summed E-state index contributed by atoms with van der Waals surface area (Å²) in [5, 5.41) is 0. The molecule has 0 aliphatic heterocycles. The fraction of sp³-hybridized carbons (Fsp3) is 0.222. The highest BCUT2D eigenvalue weighted by atomic mass is 14.1. The van der Waals surface area contributed by atoms with Crippen molar-refractivity contribution in [3.05, 3.63) is 77.4 Å². The van der Waals surface area contributed by atoms with Crippen LogP contribution in [0.15, 0.2) is 55.1 Å². The molecule has 0 bridgehead atoms. The zero-order valence-corrected chi connectivity index (χ0v) is 11.4. The molecule has 0 aromatic heterocycles. The predicted octanol–water partition coefficient (Wildman–Crippen LogP) is 5.18. The Morgan fingerprint density at radius 2 is 1.33 bits per heavy atom. The normalized spacial score (nSPS) is 12.2. The first-order chi connectivity index (χ1) is 8.58. The quantitative estimate of drug-likeness (QED) is 0.688. The molecule has 0 heterocycles. The monoisotopic (exact) mass is 236 g/mol. The van der Waals surface area contributed by atoms with Crippen LogP contribution >= 0.6 is 0 Å². The first-order valence-corrected chi connectivity index (χ1v) is 6.40. The van der Waals surface area contributed by atoms with E-state index < -0.39 is 0 Å². The summed E-state index contributed by atoms with van der Waals surface area (Å²) in [4.78, 5) is 0. The SMILES string of the molecule is C=C(C)c1ccc(C(C)c2ccc(C)cc2)cc1. The van der Waals surface area contributed by atoms with E-state index in [2.05, 4.69) is 69.0 Å². The molecule has 0 saturated heterocycles. The van der Waals surface area contributed by atoms with Crippen LogP contribution in [-0.2, 0) is 0 Å². The second-order valence-electron chi connectivity index (χ2n) is 5.03. The van der Waals surface area contributed by atoms with Gasteiger partial charge < -0.3 is 0 Å². The Bertz CT molecular complexity index is 529. The summed E-state index contributed by atoms with van der Waals surface area (Å²) in [6, 6.07) is 17.5. The summed E-state index contributed by atoms with van der Waals surface area (Å²) in [5.41, 5.74) is 6.36. The third-order valence-electron chi connectivity index (χ3n) is 3.48. The average molecular weight is 236 g/mol. The van der Waals surface area contributed by atoms with Gasteiger partial charge in [0.15, 0.2) is 0 Å². The molecule has 0 saturated carbocycles. The van der Waals surface area contributed by atoms with Gasteiger partial charge >= 0.3 is 0 Å². The van der Waals surface area contributed by atoms with E-state index in [0.717, 1.165) is 5.57 Å². The van der Waals surface area contributed by atoms with Gasteiger partial charge in [-0.2, -0.15) is 0 Å². The summed E-state index contributed by atoms with van der Waals surface area (Å²) in [7, 11) is 0. The van der Waals surface area contributed by atoms with E-state index in [1.807, 2.05) is 6.92 Å². The van der Waals surface area contributed by atoms with Crippen molar-refractivity contribution >= 4 is 5.57 Å². The molecule has 0 aliphatic carbocycles. The first kappa shape index (κ1) is 12.6. The molecule has 1 unspecified atom stereocenters. The van der Waals surface area contributed by atoms with Crippen molar-refractivity contribution in [1.29, 1.82) is 0 Å². The highest BCUT2D eigenvalue weighted by Crippen LogP contribution is 2.25. The van der Waals surface area contributed by atoms with Crippen LogP contribution in [0.2, 0.25) is 0 Å². The van der Waals surface area contributed by atoms with E-state index in [4.69, 9.17) is 0 Å². The van der Waals surface area contributed by atoms with Crippen LogP contribution in [0, 0.1) is 6.92 Å². The van der Waals surface area contributed by atoms with Crippen LogP contribution in [0.4, 0.5) is 0 Å². The van der Waals surface area contributed by atoms with Crippen molar-refractivity contribution in [2.75, 3.05) is 0 Å². The van der Waals surface area contributed by atoms with Gasteiger partial charge in [-0.3, -0.25) is 0 Å². The van der Waals surface area contributed by atoms with Crippen LogP contribution in [0.1, 0.15) is 42.0 Å². The van der Waals surface area contributed by atoms with Crippen molar-refractivity contribution < 1.29 is 0 Å². The molecule has 0 heteroatoms. The highest BCUT2D eigenvalue weighted by molar-refractivity contribution is 5.61. The van der Waals surface area contributed by atoms with E-state index in [1.165, 1.54) is 22.3 Å². The molecule has 2 rings (SSSR count). The number of hydrogen-bond donors (Lipinski definition) is 0. The molecule has 2 aromatic carbocycles. The Morgan fingerprint density at radius 3 is 1.78 bits per heavy atom. The third-order valence-corrected chi connectivity index (χ3v) is 3.48. The van der Waals surface area contributed by atoms with E-state index in [1.54, 1.807) is 0 Å². The Hall–Kier alpha value is -1.82. The summed E-state index contributed by atoms with van der Waals surface area (Å²) >= 11 is 0. The van der Waals surface area contributed by atoms with E-state index in [0.29, 0.717) is 5.92 Å². The lowest BCUT2D eigenvalue weighted by molar-refractivity contribution is 0.921. The lowest BCUT2D eigenvalue weighted by Gasteiger charge is -2.13. The minimum absolute atomic E-state index is 0.435. The second-order valence-corrected chi connectivity index (χ2v) is 5.03. The van der Waals surface area contributed by atoms with Crippen LogP contribution in [0.5, 0.6) is 0 Å². The van der Waals surface area contributed by atoms with Gasteiger partial charge in [0.05, 0.1) is 0 Å². The maximum absolute atomic E-state index is 3.97. The lowest BCUT2D eigenvalue weighted by Crippen LogP contribution is -1.96. The molecular weight excluding hydrogens is 216 g/mol. The van der Waals surface area contributed by atoms with Gasteiger partial charge in [0, 0.05) is 5.92 Å². The van der Waals surface area contributed by atoms with Crippen molar-refractivity contribution in [3.63, 3.8) is 0 Å². The summed E-state index contributed by atoms with van der Waals surface area (Å²) < 4.78 is 0. The van der Waals surface area contributed by atoms with E-state index in [9.17, 15) is 0 Å². The largest absolute Gasteiger partial charge is 0.0955 e. The molecule has 0 radical (unpaired) electrons. The molecule has 0 spiro atoms. The average Bonchev–Trinajstić information content (AvgIpc) is 2.39. The fourth-order valence-electron chi connectivity index (χ4n) is 2.10. The Kier molecular flexibility index (Phi) is 3.66. The smallest absolute Gasteiger partial charge is 0.00610 e. The molecule has 0 nitrogen and oxygen atoms in total. The van der Waals surface area contributed by atoms with Crippen molar-refractivity contribution in [3.8, 4) is 0 Å². The molecule has 0 N–H and O–H groups in total. The molecule has 0 amide bonds. The number of rotatable bonds is 3. The zero-order chi connectivity index (χ0) is 13.1. The number of benzene rings is 2. The Morgan fingerprint density at radius 1 is 0.889 bits per heavy atom. The molecular formula is C18H20. The molecule has 92 valence electrons. The minimum atomic E-state index is 0.435. The van der Waals surface area contributed by atoms with Gasteiger partial charge in [-0.15, -0.1) is 0 Å². The van der Waals surface area contributed by atoms with Gasteiger partial charge in [0.2, 0.25) is 0 Å². The number of allylic oxidation sites excluding steroid dienone is 1. The van der Waals surface area contributed by atoms with Crippen LogP contribution < -0.4 is 0 Å². The van der Waals surface area contributed by atoms with Gasteiger partial charge in [-0.05, 0) is 30.5 Å². The van der Waals surface area contributed by atoms with Gasteiger partial charge in [-0.25, -0.2) is 0 Å². The lowest BCUT2D eigenvalue weighted by atomic mass is 9.91. The summed E-state index contributed by atoms with van der Waals surface area (Å²) in [5.74, 6) is 0.435.